The molecule has 1 aromatic heterocycles. The molecular weight excluding hydrogens is 356 g/mol. The highest BCUT2D eigenvalue weighted by Crippen LogP contribution is 2.18. The van der Waals surface area contributed by atoms with Gasteiger partial charge in [0.1, 0.15) is 0 Å². The zero-order valence-corrected chi connectivity index (χ0v) is 16.1. The normalized spacial score (nSPS) is 17.2. The number of benzene rings is 1. The number of amides is 2. The van der Waals surface area contributed by atoms with Crippen LogP contribution in [0.4, 0.5) is 5.69 Å². The van der Waals surface area contributed by atoms with Gasteiger partial charge in [-0.3, -0.25) is 14.7 Å². The van der Waals surface area contributed by atoms with Gasteiger partial charge in [-0.1, -0.05) is 12.1 Å². The van der Waals surface area contributed by atoms with Crippen LogP contribution < -0.4 is 10.6 Å². The van der Waals surface area contributed by atoms with Crippen LogP contribution in [0, 0.1) is 0 Å². The predicted octanol–water partition coefficient (Wildman–Crippen LogP) is 0.624. The molecule has 3 heterocycles. The summed E-state index contributed by atoms with van der Waals surface area (Å²) >= 11 is 0. The quantitative estimate of drug-likeness (QED) is 0.721. The summed E-state index contributed by atoms with van der Waals surface area (Å²) in [6.07, 6.45) is 1.19. The van der Waals surface area contributed by atoms with Crippen molar-refractivity contribution in [2.45, 2.75) is 19.4 Å². The lowest BCUT2D eigenvalue weighted by Crippen LogP contribution is -2.47. The number of H-pyrrole nitrogens is 1. The number of nitrogens with one attached hydrogen (secondary N) is 3. The molecule has 8 nitrogen and oxygen atoms in total. The molecule has 0 aliphatic carbocycles. The first-order valence-electron chi connectivity index (χ1n) is 9.73. The summed E-state index contributed by atoms with van der Waals surface area (Å²) in [5.74, 6) is -0.104. The molecule has 0 radical (unpaired) electrons. The monoisotopic (exact) mass is 382 g/mol. The molecular formula is C20H26N6O2. The van der Waals surface area contributed by atoms with E-state index >= 15 is 0 Å². The topological polar surface area (TPSA) is 93.4 Å². The van der Waals surface area contributed by atoms with Gasteiger partial charge in [0.15, 0.2) is 5.69 Å². The Bertz CT molecular complexity index is 869. The van der Waals surface area contributed by atoms with E-state index in [-0.39, 0.29) is 11.8 Å². The standard InChI is InChI=1S/C20H26N6O2/c1-25-7-9-26(10-8-25)18(27)12-14-3-2-4-15(11-14)22-20(28)19-16-13-21-6-5-17(16)23-24-19/h2-4,11,21H,5-10,12-13H2,1H3,(H,22,28)(H,23,24). The van der Waals surface area contributed by atoms with Gasteiger partial charge in [-0.2, -0.15) is 5.10 Å². The number of likely N-dealkylation sites (N-methyl/N-ethyl adjacent to an activating group) is 1. The number of fused-ring (bicyclic) bond motifs is 1. The highest BCUT2D eigenvalue weighted by atomic mass is 16.2. The molecule has 1 aromatic carbocycles. The third kappa shape index (κ3) is 4.07. The van der Waals surface area contributed by atoms with Crippen molar-refractivity contribution in [2.75, 3.05) is 45.1 Å². The molecule has 148 valence electrons. The smallest absolute Gasteiger partial charge is 0.276 e. The number of aromatic nitrogens is 2. The molecule has 0 saturated carbocycles. The summed E-state index contributed by atoms with van der Waals surface area (Å²) in [4.78, 5) is 29.3. The molecule has 0 atom stereocenters. The summed E-state index contributed by atoms with van der Waals surface area (Å²) in [7, 11) is 2.07. The summed E-state index contributed by atoms with van der Waals surface area (Å²) < 4.78 is 0. The van der Waals surface area contributed by atoms with Gasteiger partial charge < -0.3 is 20.4 Å². The molecule has 0 unspecified atom stereocenters. The van der Waals surface area contributed by atoms with Crippen molar-refractivity contribution in [3.05, 3.63) is 46.8 Å². The SMILES string of the molecule is CN1CCN(C(=O)Cc2cccc(NC(=O)c3n[nH]c4c3CNCC4)c2)CC1. The first-order chi connectivity index (χ1) is 13.6. The maximum absolute atomic E-state index is 12.7. The Morgan fingerprint density at radius 3 is 2.86 bits per heavy atom. The molecule has 2 aliphatic rings. The molecule has 2 amide bonds. The van der Waals surface area contributed by atoms with Gasteiger partial charge in [-0.25, -0.2) is 0 Å². The number of rotatable bonds is 4. The molecule has 1 saturated heterocycles. The number of nitrogens with zero attached hydrogens (tertiary/aromatic N) is 3. The van der Waals surface area contributed by atoms with Crippen molar-refractivity contribution in [1.82, 2.24) is 25.3 Å². The van der Waals surface area contributed by atoms with Crippen LogP contribution in [0.15, 0.2) is 24.3 Å². The van der Waals surface area contributed by atoms with Crippen LogP contribution in [-0.4, -0.2) is 71.6 Å². The number of anilines is 1. The van der Waals surface area contributed by atoms with Gasteiger partial charge in [-0.05, 0) is 24.7 Å². The number of aromatic amines is 1. The van der Waals surface area contributed by atoms with E-state index in [1.807, 2.05) is 29.2 Å². The van der Waals surface area contributed by atoms with E-state index in [1.165, 1.54) is 0 Å². The fourth-order valence-electron chi connectivity index (χ4n) is 3.70. The minimum atomic E-state index is -0.233. The van der Waals surface area contributed by atoms with Gasteiger partial charge in [0.05, 0.1) is 6.42 Å². The van der Waals surface area contributed by atoms with Crippen molar-refractivity contribution in [3.63, 3.8) is 0 Å². The Morgan fingerprint density at radius 1 is 1.21 bits per heavy atom. The molecule has 0 bridgehead atoms. The lowest BCUT2D eigenvalue weighted by molar-refractivity contribution is -0.132. The van der Waals surface area contributed by atoms with Gasteiger partial charge in [-0.15, -0.1) is 0 Å². The van der Waals surface area contributed by atoms with Gasteiger partial charge in [0, 0.05) is 62.6 Å². The lowest BCUT2D eigenvalue weighted by atomic mass is 10.1. The summed E-state index contributed by atoms with van der Waals surface area (Å²) in [6, 6.07) is 7.48. The Kier molecular flexibility index (Phi) is 5.40. The van der Waals surface area contributed by atoms with Gasteiger partial charge in [0.2, 0.25) is 5.91 Å². The first-order valence-corrected chi connectivity index (χ1v) is 9.73. The second-order valence-electron chi connectivity index (χ2n) is 7.47. The van der Waals surface area contributed by atoms with Crippen molar-refractivity contribution < 1.29 is 9.59 Å². The van der Waals surface area contributed by atoms with E-state index < -0.39 is 0 Å². The van der Waals surface area contributed by atoms with E-state index in [9.17, 15) is 9.59 Å². The van der Waals surface area contributed by atoms with Gasteiger partial charge in [0.25, 0.3) is 5.91 Å². The van der Waals surface area contributed by atoms with Crippen molar-refractivity contribution in [3.8, 4) is 0 Å². The van der Waals surface area contributed by atoms with Crippen LogP contribution in [0.5, 0.6) is 0 Å². The minimum absolute atomic E-state index is 0.129. The third-order valence-electron chi connectivity index (χ3n) is 5.42. The average Bonchev–Trinajstić information content (AvgIpc) is 3.13. The molecule has 2 aliphatic heterocycles. The van der Waals surface area contributed by atoms with Crippen LogP contribution >= 0.6 is 0 Å². The Morgan fingerprint density at radius 2 is 2.04 bits per heavy atom. The van der Waals surface area contributed by atoms with Crippen LogP contribution in [0.2, 0.25) is 0 Å². The van der Waals surface area contributed by atoms with E-state index in [0.717, 1.165) is 56.0 Å². The largest absolute Gasteiger partial charge is 0.340 e. The molecule has 28 heavy (non-hydrogen) atoms. The summed E-state index contributed by atoms with van der Waals surface area (Å²) in [5, 5.41) is 13.3. The van der Waals surface area contributed by atoms with Crippen LogP contribution in [0.25, 0.3) is 0 Å². The maximum atomic E-state index is 12.7. The second-order valence-corrected chi connectivity index (χ2v) is 7.47. The van der Waals surface area contributed by atoms with Crippen LogP contribution in [-0.2, 0) is 24.2 Å². The maximum Gasteiger partial charge on any atom is 0.276 e. The Labute approximate surface area is 164 Å². The van der Waals surface area contributed by atoms with Crippen LogP contribution in [0.3, 0.4) is 0 Å². The highest BCUT2D eigenvalue weighted by molar-refractivity contribution is 6.04. The predicted molar refractivity (Wildman–Crippen MR) is 106 cm³/mol. The van der Waals surface area contributed by atoms with Crippen molar-refractivity contribution >= 4 is 17.5 Å². The number of carbonyl (C=O) groups is 2. The molecule has 2 aromatic rings. The van der Waals surface area contributed by atoms with E-state index in [1.54, 1.807) is 0 Å². The Balaban J connectivity index is 1.40. The average molecular weight is 382 g/mol. The number of piperazine rings is 1. The second kappa shape index (κ2) is 8.12. The third-order valence-corrected chi connectivity index (χ3v) is 5.42. The molecule has 4 rings (SSSR count). The fourth-order valence-corrected chi connectivity index (χ4v) is 3.70. The van der Waals surface area contributed by atoms with Crippen LogP contribution in [0.1, 0.15) is 27.3 Å². The van der Waals surface area contributed by atoms with E-state index in [2.05, 4.69) is 32.8 Å². The van der Waals surface area contributed by atoms with E-state index in [0.29, 0.717) is 24.3 Å². The van der Waals surface area contributed by atoms with Gasteiger partial charge >= 0.3 is 0 Å². The van der Waals surface area contributed by atoms with Crippen molar-refractivity contribution in [2.24, 2.45) is 0 Å². The molecule has 8 heteroatoms. The van der Waals surface area contributed by atoms with Crippen molar-refractivity contribution in [1.29, 1.82) is 0 Å². The molecule has 1 fully saturated rings. The fraction of sp³-hybridized carbons (Fsp3) is 0.450. The molecule has 3 N–H and O–H groups in total. The number of carbonyl (C=O) groups excluding carboxylic acids is 2. The first kappa shape index (κ1) is 18.6. The summed E-state index contributed by atoms with van der Waals surface area (Å²) in [6.45, 7) is 4.89. The number of hydrogen-bond donors (Lipinski definition) is 3. The zero-order valence-electron chi connectivity index (χ0n) is 16.1. The lowest BCUT2D eigenvalue weighted by Gasteiger charge is -2.32. The minimum Gasteiger partial charge on any atom is -0.340 e. The summed E-state index contributed by atoms with van der Waals surface area (Å²) in [5.41, 5.74) is 3.96. The highest BCUT2D eigenvalue weighted by Gasteiger charge is 2.22. The Hall–Kier alpha value is -2.71. The zero-order chi connectivity index (χ0) is 19.5. The molecule has 0 spiro atoms. The number of hydrogen-bond acceptors (Lipinski definition) is 5. The van der Waals surface area contributed by atoms with E-state index in [4.69, 9.17) is 0 Å².